The van der Waals surface area contributed by atoms with Gasteiger partial charge in [0.15, 0.2) is 0 Å². The molecular weight excluding hydrogens is 318 g/mol. The molecule has 0 saturated heterocycles. The van der Waals surface area contributed by atoms with Crippen molar-refractivity contribution in [2.45, 2.75) is 37.1 Å². The number of benzene rings is 1. The first kappa shape index (κ1) is 16.8. The second kappa shape index (κ2) is 8.20. The van der Waals surface area contributed by atoms with Crippen LogP contribution in [0.1, 0.15) is 35.2 Å². The van der Waals surface area contributed by atoms with Gasteiger partial charge in [-0.1, -0.05) is 18.2 Å². The molecule has 1 heterocycles. The van der Waals surface area contributed by atoms with Gasteiger partial charge in [0.2, 0.25) is 0 Å². The average Bonchev–Trinajstić information content (AvgIpc) is 3.08. The van der Waals surface area contributed by atoms with E-state index >= 15 is 0 Å². The van der Waals surface area contributed by atoms with E-state index in [0.29, 0.717) is 23.4 Å². The predicted molar refractivity (Wildman–Crippen MR) is 100 cm³/mol. The Kier molecular flexibility index (Phi) is 5.75. The third-order valence-electron chi connectivity index (χ3n) is 4.43. The summed E-state index contributed by atoms with van der Waals surface area (Å²) >= 11 is 1.90. The number of hydrogen-bond donors (Lipinski definition) is 2. The molecule has 5 heteroatoms. The molecule has 0 spiro atoms. The van der Waals surface area contributed by atoms with Gasteiger partial charge < -0.3 is 10.6 Å². The summed E-state index contributed by atoms with van der Waals surface area (Å²) in [5.74, 6) is 0.0102. The van der Waals surface area contributed by atoms with Gasteiger partial charge in [0.1, 0.15) is 0 Å². The van der Waals surface area contributed by atoms with Crippen LogP contribution in [0.4, 0.5) is 5.69 Å². The molecule has 1 aliphatic carbocycles. The fraction of sp³-hybridized carbons (Fsp3) is 0.368. The highest BCUT2D eigenvalue weighted by Crippen LogP contribution is 2.28. The van der Waals surface area contributed by atoms with Crippen LogP contribution >= 0.6 is 11.8 Å². The SMILES string of the molecule is CS[C@H]1CC[C@@H](NC(=O)c2ccccc2NCc2cccnc2)C1. The minimum absolute atomic E-state index is 0.0102. The molecule has 1 aromatic carbocycles. The number of hydrogen-bond acceptors (Lipinski definition) is 4. The number of pyridine rings is 1. The summed E-state index contributed by atoms with van der Waals surface area (Å²) in [5.41, 5.74) is 2.65. The summed E-state index contributed by atoms with van der Waals surface area (Å²) in [7, 11) is 0. The lowest BCUT2D eigenvalue weighted by molar-refractivity contribution is 0.0939. The van der Waals surface area contributed by atoms with Gasteiger partial charge in [0.05, 0.1) is 5.56 Å². The summed E-state index contributed by atoms with van der Waals surface area (Å²) in [6.07, 6.45) is 9.06. The maximum atomic E-state index is 12.7. The molecule has 1 aliphatic rings. The minimum atomic E-state index is 0.0102. The molecule has 1 aromatic heterocycles. The molecular formula is C19H23N3OS. The van der Waals surface area contributed by atoms with E-state index < -0.39 is 0 Å². The normalized spacial score (nSPS) is 19.9. The monoisotopic (exact) mass is 341 g/mol. The number of nitrogens with zero attached hydrogens (tertiary/aromatic N) is 1. The molecule has 3 rings (SSSR count). The van der Waals surface area contributed by atoms with Gasteiger partial charge in [-0.3, -0.25) is 9.78 Å². The summed E-state index contributed by atoms with van der Waals surface area (Å²) in [6, 6.07) is 11.9. The molecule has 4 nitrogen and oxygen atoms in total. The van der Waals surface area contributed by atoms with Gasteiger partial charge in [-0.2, -0.15) is 11.8 Å². The summed E-state index contributed by atoms with van der Waals surface area (Å²) in [5, 5.41) is 7.22. The maximum absolute atomic E-state index is 12.7. The standard InChI is InChI=1S/C19H23N3OS/c1-24-16-9-8-15(11-16)22-19(23)17-6-2-3-7-18(17)21-13-14-5-4-10-20-12-14/h2-7,10,12,15-16,21H,8-9,11,13H2,1H3,(H,22,23)/t15-,16+/m1/s1. The number of carbonyl (C=O) groups is 1. The summed E-state index contributed by atoms with van der Waals surface area (Å²) in [6.45, 7) is 0.649. The van der Waals surface area contributed by atoms with Crippen molar-refractivity contribution in [2.75, 3.05) is 11.6 Å². The molecule has 24 heavy (non-hydrogen) atoms. The third kappa shape index (κ3) is 4.29. The number of rotatable bonds is 6. The number of anilines is 1. The Morgan fingerprint density at radius 1 is 1.25 bits per heavy atom. The van der Waals surface area contributed by atoms with E-state index in [9.17, 15) is 4.79 Å². The first-order chi connectivity index (χ1) is 11.8. The van der Waals surface area contributed by atoms with E-state index in [1.54, 1.807) is 6.20 Å². The predicted octanol–water partition coefficient (Wildman–Crippen LogP) is 3.71. The van der Waals surface area contributed by atoms with Crippen LogP contribution in [0.2, 0.25) is 0 Å². The molecule has 0 unspecified atom stereocenters. The van der Waals surface area contributed by atoms with Crippen LogP contribution in [0.25, 0.3) is 0 Å². The van der Waals surface area contributed by atoms with Gasteiger partial charge in [-0.05, 0) is 49.3 Å². The topological polar surface area (TPSA) is 54.0 Å². The third-order valence-corrected chi connectivity index (χ3v) is 5.53. The molecule has 2 N–H and O–H groups in total. The van der Waals surface area contributed by atoms with Crippen LogP contribution in [-0.4, -0.2) is 28.4 Å². The Bertz CT molecular complexity index is 677. The van der Waals surface area contributed by atoms with Crippen molar-refractivity contribution >= 4 is 23.4 Å². The lowest BCUT2D eigenvalue weighted by atomic mass is 10.1. The highest BCUT2D eigenvalue weighted by Gasteiger charge is 2.25. The largest absolute Gasteiger partial charge is 0.380 e. The Balaban J connectivity index is 1.64. The van der Waals surface area contributed by atoms with Crippen LogP contribution in [0, 0.1) is 0 Å². The number of amides is 1. The van der Waals surface area contributed by atoms with E-state index in [2.05, 4.69) is 21.9 Å². The zero-order valence-electron chi connectivity index (χ0n) is 13.9. The lowest BCUT2D eigenvalue weighted by Crippen LogP contribution is -2.33. The van der Waals surface area contributed by atoms with E-state index in [-0.39, 0.29) is 5.91 Å². The van der Waals surface area contributed by atoms with Crippen molar-refractivity contribution in [2.24, 2.45) is 0 Å². The molecule has 1 saturated carbocycles. The van der Waals surface area contributed by atoms with Crippen molar-refractivity contribution in [3.8, 4) is 0 Å². The smallest absolute Gasteiger partial charge is 0.253 e. The quantitative estimate of drug-likeness (QED) is 0.841. The number of carbonyl (C=O) groups excluding carboxylic acids is 1. The Morgan fingerprint density at radius 3 is 2.88 bits per heavy atom. The number of para-hydroxylation sites is 1. The Hall–Kier alpha value is -2.01. The van der Waals surface area contributed by atoms with Crippen molar-refractivity contribution in [3.05, 3.63) is 59.9 Å². The van der Waals surface area contributed by atoms with Gasteiger partial charge in [0.25, 0.3) is 5.91 Å². The van der Waals surface area contributed by atoms with Gasteiger partial charge in [-0.15, -0.1) is 0 Å². The second-order valence-electron chi connectivity index (χ2n) is 6.10. The van der Waals surface area contributed by atoms with Gasteiger partial charge in [0, 0.05) is 35.9 Å². The summed E-state index contributed by atoms with van der Waals surface area (Å²) < 4.78 is 0. The zero-order valence-corrected chi connectivity index (χ0v) is 14.7. The molecule has 0 bridgehead atoms. The molecule has 0 radical (unpaired) electrons. The fourth-order valence-electron chi connectivity index (χ4n) is 3.08. The van der Waals surface area contributed by atoms with Crippen molar-refractivity contribution in [1.82, 2.24) is 10.3 Å². The maximum Gasteiger partial charge on any atom is 0.253 e. The van der Waals surface area contributed by atoms with E-state index in [1.807, 2.05) is 54.4 Å². The van der Waals surface area contributed by atoms with Crippen LogP contribution in [-0.2, 0) is 6.54 Å². The van der Waals surface area contributed by atoms with E-state index in [1.165, 1.54) is 6.42 Å². The average molecular weight is 341 g/mol. The molecule has 126 valence electrons. The number of aromatic nitrogens is 1. The lowest BCUT2D eigenvalue weighted by Gasteiger charge is -2.16. The van der Waals surface area contributed by atoms with Crippen molar-refractivity contribution in [1.29, 1.82) is 0 Å². The first-order valence-corrected chi connectivity index (χ1v) is 9.60. The van der Waals surface area contributed by atoms with Gasteiger partial charge in [-0.25, -0.2) is 0 Å². The van der Waals surface area contributed by atoms with Crippen molar-refractivity contribution in [3.63, 3.8) is 0 Å². The van der Waals surface area contributed by atoms with Crippen LogP contribution in [0.3, 0.4) is 0 Å². The molecule has 1 fully saturated rings. The Morgan fingerprint density at radius 2 is 2.12 bits per heavy atom. The van der Waals surface area contributed by atoms with Gasteiger partial charge >= 0.3 is 0 Å². The molecule has 2 atom stereocenters. The van der Waals surface area contributed by atoms with Crippen LogP contribution in [0.15, 0.2) is 48.8 Å². The number of nitrogens with one attached hydrogen (secondary N) is 2. The zero-order chi connectivity index (χ0) is 16.8. The van der Waals surface area contributed by atoms with E-state index in [0.717, 1.165) is 24.1 Å². The van der Waals surface area contributed by atoms with E-state index in [4.69, 9.17) is 0 Å². The van der Waals surface area contributed by atoms with Crippen LogP contribution in [0.5, 0.6) is 0 Å². The Labute approximate surface area is 147 Å². The minimum Gasteiger partial charge on any atom is -0.380 e. The highest BCUT2D eigenvalue weighted by molar-refractivity contribution is 7.99. The fourth-order valence-corrected chi connectivity index (χ4v) is 3.88. The van der Waals surface area contributed by atoms with Crippen LogP contribution < -0.4 is 10.6 Å². The molecule has 2 aromatic rings. The second-order valence-corrected chi connectivity index (χ2v) is 7.24. The highest BCUT2D eigenvalue weighted by atomic mass is 32.2. The van der Waals surface area contributed by atoms with Crippen molar-refractivity contribution < 1.29 is 4.79 Å². The molecule has 0 aliphatic heterocycles. The molecule has 1 amide bonds. The summed E-state index contributed by atoms with van der Waals surface area (Å²) in [4.78, 5) is 16.8. The number of thioether (sulfide) groups is 1. The first-order valence-electron chi connectivity index (χ1n) is 8.31.